The largest absolute Gasteiger partial charge is 0.465 e. The summed E-state index contributed by atoms with van der Waals surface area (Å²) in [5.41, 5.74) is 9.25. The Morgan fingerprint density at radius 3 is 2.87 bits per heavy atom. The van der Waals surface area contributed by atoms with Crippen molar-refractivity contribution in [2.24, 2.45) is 5.92 Å². The number of unbranched alkanes of at least 4 members (excludes halogenated alkanes) is 1. The lowest BCUT2D eigenvalue weighted by atomic mass is 9.88. The predicted molar refractivity (Wildman–Crippen MR) is 127 cm³/mol. The van der Waals surface area contributed by atoms with Crippen LogP contribution in [0.5, 0.6) is 0 Å². The molecule has 1 unspecified atom stereocenters. The van der Waals surface area contributed by atoms with E-state index in [9.17, 15) is 9.59 Å². The Hall–Kier alpha value is -2.45. The summed E-state index contributed by atoms with van der Waals surface area (Å²) in [6, 6.07) is 3.92. The SMILES string of the molecule is CCCCc1ccc2c(N)c(C(=O)Nc3sc4c(c3C(=O)OC)CCC(C)C4)sc2n1. The van der Waals surface area contributed by atoms with Gasteiger partial charge in [0.25, 0.3) is 5.91 Å². The summed E-state index contributed by atoms with van der Waals surface area (Å²) in [7, 11) is 1.37. The maximum atomic E-state index is 13.1. The van der Waals surface area contributed by atoms with Crippen LogP contribution in [0.3, 0.4) is 0 Å². The van der Waals surface area contributed by atoms with Gasteiger partial charge in [-0.05, 0) is 55.7 Å². The summed E-state index contributed by atoms with van der Waals surface area (Å²) in [5.74, 6) is -0.160. The van der Waals surface area contributed by atoms with Gasteiger partial charge in [-0.25, -0.2) is 9.78 Å². The van der Waals surface area contributed by atoms with Crippen molar-refractivity contribution in [1.82, 2.24) is 4.98 Å². The molecule has 8 heteroatoms. The van der Waals surface area contributed by atoms with Crippen molar-refractivity contribution in [3.63, 3.8) is 0 Å². The van der Waals surface area contributed by atoms with Crippen molar-refractivity contribution in [2.75, 3.05) is 18.2 Å². The van der Waals surface area contributed by atoms with Crippen molar-refractivity contribution in [3.05, 3.63) is 38.7 Å². The second-order valence-electron chi connectivity index (χ2n) is 8.11. The number of pyridine rings is 1. The lowest BCUT2D eigenvalue weighted by Crippen LogP contribution is -2.16. The first-order valence-corrected chi connectivity index (χ1v) is 12.3. The summed E-state index contributed by atoms with van der Waals surface area (Å²) >= 11 is 2.77. The second-order valence-corrected chi connectivity index (χ2v) is 10.2. The molecule has 0 fully saturated rings. The first kappa shape index (κ1) is 21.8. The molecule has 1 aliphatic rings. The van der Waals surface area contributed by atoms with E-state index < -0.39 is 5.97 Å². The molecular weight excluding hydrogens is 430 g/mol. The molecule has 0 saturated carbocycles. The van der Waals surface area contributed by atoms with Gasteiger partial charge in [-0.2, -0.15) is 0 Å². The van der Waals surface area contributed by atoms with Crippen LogP contribution in [0.1, 0.15) is 69.3 Å². The standard InChI is InChI=1S/C23H27N3O3S2/c1-4-5-6-13-8-10-15-18(24)19(31-21(15)25-13)20(27)26-22-17(23(28)29-3)14-9-7-12(2)11-16(14)30-22/h8,10,12H,4-7,9,11,24H2,1-3H3,(H,26,27). The molecule has 1 aliphatic carbocycles. The number of carbonyl (C=O) groups excluding carboxylic acids is 2. The average molecular weight is 458 g/mol. The summed E-state index contributed by atoms with van der Waals surface area (Å²) in [6.07, 6.45) is 5.85. The number of nitrogens with two attached hydrogens (primary N) is 1. The van der Waals surface area contributed by atoms with Crippen LogP contribution in [0.2, 0.25) is 0 Å². The van der Waals surface area contributed by atoms with E-state index in [1.54, 1.807) is 0 Å². The first-order chi connectivity index (χ1) is 14.9. The van der Waals surface area contributed by atoms with Crippen LogP contribution in [0, 0.1) is 5.92 Å². The van der Waals surface area contributed by atoms with E-state index in [1.807, 2.05) is 12.1 Å². The van der Waals surface area contributed by atoms with Crippen molar-refractivity contribution < 1.29 is 14.3 Å². The number of carbonyl (C=O) groups is 2. The molecule has 0 aromatic carbocycles. The Morgan fingerprint density at radius 1 is 1.32 bits per heavy atom. The molecule has 31 heavy (non-hydrogen) atoms. The smallest absolute Gasteiger partial charge is 0.341 e. The highest BCUT2D eigenvalue weighted by Gasteiger charge is 2.29. The number of hydrogen-bond acceptors (Lipinski definition) is 7. The lowest BCUT2D eigenvalue weighted by molar-refractivity contribution is 0.0601. The number of hydrogen-bond donors (Lipinski definition) is 2. The number of amides is 1. The fourth-order valence-electron chi connectivity index (χ4n) is 4.02. The van der Waals surface area contributed by atoms with Crippen molar-refractivity contribution in [1.29, 1.82) is 0 Å². The zero-order chi connectivity index (χ0) is 22.1. The zero-order valence-electron chi connectivity index (χ0n) is 18.0. The summed E-state index contributed by atoms with van der Waals surface area (Å²) in [5, 5.41) is 4.29. The van der Waals surface area contributed by atoms with Crippen molar-refractivity contribution in [3.8, 4) is 0 Å². The maximum Gasteiger partial charge on any atom is 0.341 e. The third-order valence-corrected chi connectivity index (χ3v) is 8.06. The Bertz CT molecular complexity index is 1150. The number of aryl methyl sites for hydroxylation is 1. The van der Waals surface area contributed by atoms with Gasteiger partial charge in [-0.15, -0.1) is 22.7 Å². The molecule has 3 N–H and O–H groups in total. The number of anilines is 2. The molecule has 0 radical (unpaired) electrons. The van der Waals surface area contributed by atoms with E-state index in [1.165, 1.54) is 29.8 Å². The first-order valence-electron chi connectivity index (χ1n) is 10.6. The van der Waals surface area contributed by atoms with Crippen LogP contribution in [0.15, 0.2) is 12.1 Å². The Kier molecular flexibility index (Phi) is 6.29. The number of fused-ring (bicyclic) bond motifs is 2. The van der Waals surface area contributed by atoms with Crippen molar-refractivity contribution in [2.45, 2.75) is 52.4 Å². The Morgan fingerprint density at radius 2 is 2.13 bits per heavy atom. The van der Waals surface area contributed by atoms with Gasteiger partial charge < -0.3 is 15.8 Å². The topological polar surface area (TPSA) is 94.3 Å². The average Bonchev–Trinajstić information content (AvgIpc) is 3.28. The fraction of sp³-hybridized carbons (Fsp3) is 0.435. The molecule has 3 aromatic heterocycles. The van der Waals surface area contributed by atoms with Gasteiger partial charge in [0.15, 0.2) is 0 Å². The number of methoxy groups -OCH3 is 1. The predicted octanol–water partition coefficient (Wildman–Crippen LogP) is 5.45. The van der Waals surface area contributed by atoms with Crippen LogP contribution in [-0.2, 0) is 24.0 Å². The quantitative estimate of drug-likeness (QED) is 0.480. The molecule has 0 aliphatic heterocycles. The number of nitrogens with zero attached hydrogens (tertiary/aromatic N) is 1. The van der Waals surface area contributed by atoms with Gasteiger partial charge in [-0.3, -0.25) is 4.79 Å². The molecule has 0 saturated heterocycles. The minimum atomic E-state index is -0.408. The molecule has 1 amide bonds. The lowest BCUT2D eigenvalue weighted by Gasteiger charge is -2.18. The highest BCUT2D eigenvalue weighted by atomic mass is 32.1. The van der Waals surface area contributed by atoms with E-state index >= 15 is 0 Å². The molecule has 3 aromatic rings. The second kappa shape index (κ2) is 8.96. The molecular formula is C23H27N3O3S2. The number of esters is 1. The van der Waals surface area contributed by atoms with Crippen LogP contribution in [0.25, 0.3) is 10.2 Å². The number of nitrogens with one attached hydrogen (secondary N) is 1. The van der Waals surface area contributed by atoms with Gasteiger partial charge >= 0.3 is 5.97 Å². The molecule has 0 bridgehead atoms. The Labute approximate surface area is 189 Å². The highest BCUT2D eigenvalue weighted by molar-refractivity contribution is 7.21. The molecule has 4 rings (SSSR count). The summed E-state index contributed by atoms with van der Waals surface area (Å²) < 4.78 is 5.02. The number of ether oxygens (including phenoxy) is 1. The maximum absolute atomic E-state index is 13.1. The zero-order valence-corrected chi connectivity index (χ0v) is 19.7. The van der Waals surface area contributed by atoms with E-state index in [2.05, 4.69) is 19.2 Å². The van der Waals surface area contributed by atoms with Crippen LogP contribution >= 0.6 is 22.7 Å². The third-order valence-electron chi connectivity index (χ3n) is 5.77. The van der Waals surface area contributed by atoms with E-state index in [0.717, 1.165) is 64.9 Å². The monoisotopic (exact) mass is 457 g/mol. The van der Waals surface area contributed by atoms with E-state index in [0.29, 0.717) is 27.0 Å². The van der Waals surface area contributed by atoms with Gasteiger partial charge in [0.05, 0.1) is 18.4 Å². The van der Waals surface area contributed by atoms with Crippen LogP contribution < -0.4 is 11.1 Å². The molecule has 1 atom stereocenters. The van der Waals surface area contributed by atoms with Gasteiger partial charge in [0, 0.05) is 16.0 Å². The van der Waals surface area contributed by atoms with Gasteiger partial charge in [0.1, 0.15) is 14.7 Å². The van der Waals surface area contributed by atoms with Crippen LogP contribution in [-0.4, -0.2) is 24.0 Å². The summed E-state index contributed by atoms with van der Waals surface area (Å²) in [4.78, 5) is 32.7. The molecule has 3 heterocycles. The van der Waals surface area contributed by atoms with Gasteiger partial charge in [0.2, 0.25) is 0 Å². The molecule has 0 spiro atoms. The number of rotatable bonds is 6. The number of thiophene rings is 2. The fourth-order valence-corrected chi connectivity index (χ4v) is 6.42. The van der Waals surface area contributed by atoms with Gasteiger partial charge in [-0.1, -0.05) is 20.3 Å². The molecule has 164 valence electrons. The third kappa shape index (κ3) is 4.19. The Balaban J connectivity index is 1.66. The minimum Gasteiger partial charge on any atom is -0.465 e. The highest BCUT2D eigenvalue weighted by Crippen LogP contribution is 2.41. The molecule has 6 nitrogen and oxygen atoms in total. The number of aromatic nitrogens is 1. The van der Waals surface area contributed by atoms with E-state index in [-0.39, 0.29) is 5.91 Å². The number of nitrogen functional groups attached to an aromatic ring is 1. The normalized spacial score (nSPS) is 15.6. The van der Waals surface area contributed by atoms with E-state index in [4.69, 9.17) is 15.5 Å². The minimum absolute atomic E-state index is 0.313. The van der Waals surface area contributed by atoms with Crippen LogP contribution in [0.4, 0.5) is 10.7 Å². The summed E-state index contributed by atoms with van der Waals surface area (Å²) in [6.45, 7) is 4.36. The van der Waals surface area contributed by atoms with Crippen molar-refractivity contribution >= 4 is 55.5 Å².